The molecule has 1 amide bonds. The summed E-state index contributed by atoms with van der Waals surface area (Å²) in [5.74, 6) is -0.303. The van der Waals surface area contributed by atoms with Gasteiger partial charge in [0.1, 0.15) is 19.1 Å². The number of anilines is 1. The van der Waals surface area contributed by atoms with Crippen LogP contribution in [0.2, 0.25) is 0 Å². The highest BCUT2D eigenvalue weighted by atomic mass is 16.6. The quantitative estimate of drug-likeness (QED) is 0.634. The first-order chi connectivity index (χ1) is 14.7. The molecule has 0 radical (unpaired) electrons. The Morgan fingerprint density at radius 2 is 1.43 bits per heavy atom. The van der Waals surface area contributed by atoms with E-state index in [0.717, 1.165) is 11.1 Å². The van der Waals surface area contributed by atoms with Gasteiger partial charge in [-0.25, -0.2) is 0 Å². The number of fused-ring (bicyclic) bond motifs is 1. The molecule has 0 saturated carbocycles. The smallest absolute Gasteiger partial charge is 0.318 e. The minimum absolute atomic E-state index is 0.385. The molecule has 1 aliphatic heterocycles. The Hall–Kier alpha value is -3.80. The van der Waals surface area contributed by atoms with Crippen LogP contribution in [0.5, 0.6) is 11.5 Å². The lowest BCUT2D eigenvalue weighted by atomic mass is 9.91. The summed E-state index contributed by atoms with van der Waals surface area (Å²) in [6, 6.07) is 23.9. The molecule has 0 fully saturated rings. The summed E-state index contributed by atoms with van der Waals surface area (Å²) in [5.41, 5.74) is 2.16. The van der Waals surface area contributed by atoms with Crippen LogP contribution in [-0.4, -0.2) is 31.7 Å². The lowest BCUT2D eigenvalue weighted by Crippen LogP contribution is -2.24. The molecule has 0 atom stereocenters. The predicted octanol–water partition coefficient (Wildman–Crippen LogP) is 3.77. The molecule has 0 aliphatic carbocycles. The number of esters is 1. The van der Waals surface area contributed by atoms with Crippen molar-refractivity contribution in [2.75, 3.05) is 25.1 Å². The van der Waals surface area contributed by atoms with Crippen LogP contribution in [0, 0.1) is 0 Å². The van der Waals surface area contributed by atoms with Crippen molar-refractivity contribution < 1.29 is 23.8 Å². The van der Waals surface area contributed by atoms with Gasteiger partial charge in [-0.3, -0.25) is 9.59 Å². The molecule has 6 nitrogen and oxygen atoms in total. The van der Waals surface area contributed by atoms with Crippen molar-refractivity contribution in [3.05, 3.63) is 90.0 Å². The van der Waals surface area contributed by atoms with E-state index in [1.54, 1.807) is 18.2 Å². The molecule has 6 heteroatoms. The third kappa shape index (κ3) is 4.60. The van der Waals surface area contributed by atoms with E-state index in [-0.39, 0.29) is 6.61 Å². The Morgan fingerprint density at radius 1 is 0.833 bits per heavy atom. The highest BCUT2D eigenvalue weighted by molar-refractivity contribution is 5.94. The molecule has 1 aliphatic rings. The van der Waals surface area contributed by atoms with Gasteiger partial charge < -0.3 is 19.5 Å². The van der Waals surface area contributed by atoms with Crippen LogP contribution in [0.25, 0.3) is 0 Å². The first-order valence-corrected chi connectivity index (χ1v) is 9.67. The molecular formula is C24H21NO5. The number of hydrogen-bond donors (Lipinski definition) is 1. The van der Waals surface area contributed by atoms with Gasteiger partial charge in [-0.05, 0) is 23.3 Å². The molecule has 152 valence electrons. The van der Waals surface area contributed by atoms with Gasteiger partial charge in [0, 0.05) is 11.8 Å². The number of benzene rings is 3. The highest BCUT2D eigenvalue weighted by Gasteiger charge is 2.25. The zero-order chi connectivity index (χ0) is 20.8. The minimum Gasteiger partial charge on any atom is -0.486 e. The summed E-state index contributed by atoms with van der Waals surface area (Å²) >= 11 is 0. The first-order valence-electron chi connectivity index (χ1n) is 9.67. The number of carbonyl (C=O) groups excluding carboxylic acids is 2. The maximum absolute atomic E-state index is 12.9. The minimum atomic E-state index is -0.602. The molecule has 0 unspecified atom stereocenters. The topological polar surface area (TPSA) is 73.9 Å². The molecule has 3 aromatic rings. The van der Waals surface area contributed by atoms with Crippen LogP contribution in [0.3, 0.4) is 0 Å². The zero-order valence-electron chi connectivity index (χ0n) is 16.2. The summed E-state index contributed by atoms with van der Waals surface area (Å²) in [4.78, 5) is 25.2. The Bertz CT molecular complexity index is 981. The number of hydrogen-bond acceptors (Lipinski definition) is 5. The van der Waals surface area contributed by atoms with Gasteiger partial charge in [-0.15, -0.1) is 0 Å². The Balaban J connectivity index is 1.41. The SMILES string of the molecule is O=C(COC(=O)C(c1ccccc1)c1ccccc1)Nc1ccc2c(c1)OCCO2. The second-order valence-corrected chi connectivity index (χ2v) is 6.77. The van der Waals surface area contributed by atoms with Crippen LogP contribution < -0.4 is 14.8 Å². The van der Waals surface area contributed by atoms with Crippen LogP contribution in [0.1, 0.15) is 17.0 Å². The Kier molecular flexibility index (Phi) is 5.94. The van der Waals surface area contributed by atoms with E-state index in [1.165, 1.54) is 0 Å². The molecule has 1 N–H and O–H groups in total. The molecule has 3 aromatic carbocycles. The van der Waals surface area contributed by atoms with Crippen molar-refractivity contribution in [1.82, 2.24) is 0 Å². The van der Waals surface area contributed by atoms with Crippen molar-refractivity contribution >= 4 is 17.6 Å². The molecule has 0 bridgehead atoms. The van der Waals surface area contributed by atoms with Gasteiger partial charge in [0.2, 0.25) is 0 Å². The number of nitrogens with one attached hydrogen (secondary N) is 1. The Labute approximate surface area is 174 Å². The summed E-state index contributed by atoms with van der Waals surface area (Å²) in [5, 5.41) is 2.71. The first kappa shape index (κ1) is 19.5. The fraction of sp³-hybridized carbons (Fsp3) is 0.167. The third-order valence-corrected chi connectivity index (χ3v) is 4.67. The van der Waals surface area contributed by atoms with Crippen molar-refractivity contribution in [1.29, 1.82) is 0 Å². The molecule has 0 spiro atoms. The Morgan fingerprint density at radius 3 is 2.07 bits per heavy atom. The summed E-state index contributed by atoms with van der Waals surface area (Å²) in [7, 11) is 0. The van der Waals surface area contributed by atoms with Gasteiger partial charge in [0.05, 0.1) is 0 Å². The van der Waals surface area contributed by atoms with E-state index < -0.39 is 17.8 Å². The molecule has 30 heavy (non-hydrogen) atoms. The molecule has 0 saturated heterocycles. The van der Waals surface area contributed by atoms with Gasteiger partial charge in [-0.1, -0.05) is 60.7 Å². The van der Waals surface area contributed by atoms with Gasteiger partial charge >= 0.3 is 5.97 Å². The molecule has 4 rings (SSSR count). The normalized spacial score (nSPS) is 12.3. The van der Waals surface area contributed by atoms with Crippen molar-refractivity contribution in [3.63, 3.8) is 0 Å². The van der Waals surface area contributed by atoms with Gasteiger partial charge in [0.15, 0.2) is 18.1 Å². The second-order valence-electron chi connectivity index (χ2n) is 6.77. The summed E-state index contributed by atoms with van der Waals surface area (Å²) in [6.07, 6.45) is 0. The number of ether oxygens (including phenoxy) is 3. The third-order valence-electron chi connectivity index (χ3n) is 4.67. The fourth-order valence-electron chi connectivity index (χ4n) is 3.29. The molecular weight excluding hydrogens is 382 g/mol. The standard InChI is InChI=1S/C24H21NO5/c26-22(25-19-11-12-20-21(15-19)29-14-13-28-20)16-30-24(27)23(17-7-3-1-4-8-17)18-9-5-2-6-10-18/h1-12,15,23H,13-14,16H2,(H,25,26). The van der Waals surface area contributed by atoms with Gasteiger partial charge in [-0.2, -0.15) is 0 Å². The number of rotatable bonds is 6. The van der Waals surface area contributed by atoms with E-state index in [1.807, 2.05) is 60.7 Å². The largest absolute Gasteiger partial charge is 0.486 e. The van der Waals surface area contributed by atoms with Crippen LogP contribution in [0.4, 0.5) is 5.69 Å². The predicted molar refractivity (Wildman–Crippen MR) is 112 cm³/mol. The average molecular weight is 403 g/mol. The second kappa shape index (κ2) is 9.13. The lowest BCUT2D eigenvalue weighted by molar-refractivity contribution is -0.147. The molecule has 0 aromatic heterocycles. The number of carbonyl (C=O) groups is 2. The maximum atomic E-state index is 12.9. The van der Waals surface area contributed by atoms with Crippen molar-refractivity contribution in [2.24, 2.45) is 0 Å². The van der Waals surface area contributed by atoms with Crippen LogP contribution in [0.15, 0.2) is 78.9 Å². The van der Waals surface area contributed by atoms with Crippen molar-refractivity contribution in [2.45, 2.75) is 5.92 Å². The van der Waals surface area contributed by atoms with E-state index in [2.05, 4.69) is 5.32 Å². The summed E-state index contributed by atoms with van der Waals surface area (Å²) < 4.78 is 16.3. The van der Waals surface area contributed by atoms with Crippen molar-refractivity contribution in [3.8, 4) is 11.5 Å². The van der Waals surface area contributed by atoms with E-state index in [0.29, 0.717) is 30.4 Å². The van der Waals surface area contributed by atoms with E-state index >= 15 is 0 Å². The maximum Gasteiger partial charge on any atom is 0.318 e. The number of amides is 1. The summed E-state index contributed by atoms with van der Waals surface area (Å²) in [6.45, 7) is 0.574. The monoisotopic (exact) mass is 403 g/mol. The molecule has 1 heterocycles. The van der Waals surface area contributed by atoms with E-state index in [4.69, 9.17) is 14.2 Å². The average Bonchev–Trinajstić information content (AvgIpc) is 2.79. The van der Waals surface area contributed by atoms with Gasteiger partial charge in [0.25, 0.3) is 5.91 Å². The highest BCUT2D eigenvalue weighted by Crippen LogP contribution is 2.32. The van der Waals surface area contributed by atoms with Crippen LogP contribution in [-0.2, 0) is 14.3 Å². The lowest BCUT2D eigenvalue weighted by Gasteiger charge is -2.19. The zero-order valence-corrected chi connectivity index (χ0v) is 16.2. The van der Waals surface area contributed by atoms with E-state index in [9.17, 15) is 9.59 Å². The fourth-order valence-corrected chi connectivity index (χ4v) is 3.29. The van der Waals surface area contributed by atoms with Crippen LogP contribution >= 0.6 is 0 Å².